The molecule has 2 aromatic rings. The van der Waals surface area contributed by atoms with Crippen molar-refractivity contribution in [3.63, 3.8) is 0 Å². The van der Waals surface area contributed by atoms with Gasteiger partial charge in [-0.15, -0.1) is 11.3 Å². The molecule has 1 aromatic heterocycles. The molecule has 0 bridgehead atoms. The smallest absolute Gasteiger partial charge is 0.252 e. The Morgan fingerprint density at radius 1 is 1.16 bits per heavy atom. The fourth-order valence-corrected chi connectivity index (χ4v) is 5.94. The standard InChI is InChI=1S/C18H20FNO3S2/c1-2-16-7-8-17(24-16)25(22,23)20-11-9-14(10-12-20)18(21)13-3-5-15(19)6-4-13/h3-8,14H,2,9-12H2,1H3. The van der Waals surface area contributed by atoms with Gasteiger partial charge in [0, 0.05) is 29.4 Å². The summed E-state index contributed by atoms with van der Waals surface area (Å²) in [6, 6.07) is 9.03. The molecule has 1 fully saturated rings. The van der Waals surface area contributed by atoms with Crippen molar-refractivity contribution in [2.24, 2.45) is 5.92 Å². The maximum absolute atomic E-state index is 13.0. The monoisotopic (exact) mass is 381 g/mol. The third-order valence-electron chi connectivity index (χ3n) is 4.53. The van der Waals surface area contributed by atoms with E-state index in [0.29, 0.717) is 35.7 Å². The SMILES string of the molecule is CCc1ccc(S(=O)(=O)N2CCC(C(=O)c3ccc(F)cc3)CC2)s1. The first kappa shape index (κ1) is 18.2. The Labute approximate surface area is 151 Å². The van der Waals surface area contributed by atoms with E-state index in [9.17, 15) is 17.6 Å². The number of hydrogen-bond acceptors (Lipinski definition) is 4. The molecule has 7 heteroatoms. The van der Waals surface area contributed by atoms with Gasteiger partial charge in [0.1, 0.15) is 10.0 Å². The Balaban J connectivity index is 1.67. The topological polar surface area (TPSA) is 54.5 Å². The van der Waals surface area contributed by atoms with Crippen LogP contribution >= 0.6 is 11.3 Å². The summed E-state index contributed by atoms with van der Waals surface area (Å²) in [6.07, 6.45) is 1.79. The van der Waals surface area contributed by atoms with Crippen molar-refractivity contribution in [1.29, 1.82) is 0 Å². The highest BCUT2D eigenvalue weighted by molar-refractivity contribution is 7.91. The lowest BCUT2D eigenvalue weighted by Crippen LogP contribution is -2.40. The lowest BCUT2D eigenvalue weighted by molar-refractivity contribution is 0.0875. The van der Waals surface area contributed by atoms with Gasteiger partial charge < -0.3 is 0 Å². The van der Waals surface area contributed by atoms with Crippen LogP contribution in [0.4, 0.5) is 4.39 Å². The second-order valence-electron chi connectivity index (χ2n) is 6.12. The molecule has 0 atom stereocenters. The number of nitrogens with zero attached hydrogens (tertiary/aromatic N) is 1. The molecule has 0 spiro atoms. The van der Waals surface area contributed by atoms with E-state index in [2.05, 4.69) is 0 Å². The highest BCUT2D eigenvalue weighted by atomic mass is 32.2. The van der Waals surface area contributed by atoms with E-state index >= 15 is 0 Å². The molecule has 1 saturated heterocycles. The van der Waals surface area contributed by atoms with Gasteiger partial charge in [0.15, 0.2) is 5.78 Å². The van der Waals surface area contributed by atoms with Crippen LogP contribution in [0, 0.1) is 11.7 Å². The van der Waals surface area contributed by atoms with Crippen LogP contribution in [0.15, 0.2) is 40.6 Å². The van der Waals surface area contributed by atoms with Crippen molar-refractivity contribution in [2.75, 3.05) is 13.1 Å². The Hall–Kier alpha value is -1.57. The molecule has 0 radical (unpaired) electrons. The zero-order valence-electron chi connectivity index (χ0n) is 13.9. The van der Waals surface area contributed by atoms with Gasteiger partial charge in [0.25, 0.3) is 10.0 Å². The Morgan fingerprint density at radius 2 is 1.80 bits per heavy atom. The van der Waals surface area contributed by atoms with Crippen LogP contribution in [-0.2, 0) is 16.4 Å². The maximum atomic E-state index is 13.0. The van der Waals surface area contributed by atoms with E-state index in [1.54, 1.807) is 6.07 Å². The predicted octanol–water partition coefficient (Wildman–Crippen LogP) is 3.73. The number of hydrogen-bond donors (Lipinski definition) is 0. The lowest BCUT2D eigenvalue weighted by atomic mass is 9.90. The quantitative estimate of drug-likeness (QED) is 0.742. The van der Waals surface area contributed by atoms with Crippen molar-refractivity contribution < 1.29 is 17.6 Å². The average Bonchev–Trinajstić information content (AvgIpc) is 3.12. The van der Waals surface area contributed by atoms with Crippen molar-refractivity contribution in [3.8, 4) is 0 Å². The maximum Gasteiger partial charge on any atom is 0.252 e. The van der Waals surface area contributed by atoms with Crippen LogP contribution in [0.1, 0.15) is 35.0 Å². The Morgan fingerprint density at radius 3 is 2.36 bits per heavy atom. The molecule has 1 aliphatic heterocycles. The number of benzene rings is 1. The molecule has 0 unspecified atom stereocenters. The summed E-state index contributed by atoms with van der Waals surface area (Å²) < 4.78 is 40.2. The van der Waals surface area contributed by atoms with Crippen LogP contribution in [0.25, 0.3) is 0 Å². The van der Waals surface area contributed by atoms with E-state index in [1.165, 1.54) is 39.9 Å². The van der Waals surface area contributed by atoms with E-state index in [1.807, 2.05) is 13.0 Å². The van der Waals surface area contributed by atoms with Gasteiger partial charge in [-0.2, -0.15) is 4.31 Å². The minimum absolute atomic E-state index is 0.0403. The number of sulfonamides is 1. The van der Waals surface area contributed by atoms with Crippen LogP contribution in [0.5, 0.6) is 0 Å². The predicted molar refractivity (Wildman–Crippen MR) is 95.9 cm³/mol. The molecule has 3 rings (SSSR count). The van der Waals surface area contributed by atoms with Crippen molar-refractivity contribution in [1.82, 2.24) is 4.31 Å². The number of Topliss-reactive ketones (excluding diaryl/α,β-unsaturated/α-hetero) is 1. The van der Waals surface area contributed by atoms with E-state index in [4.69, 9.17) is 0 Å². The Bertz CT molecular complexity index is 851. The van der Waals surface area contributed by atoms with Gasteiger partial charge in [0.05, 0.1) is 0 Å². The second kappa shape index (κ2) is 7.35. The summed E-state index contributed by atoms with van der Waals surface area (Å²) in [7, 11) is -3.48. The normalized spacial score (nSPS) is 16.9. The van der Waals surface area contributed by atoms with Crippen LogP contribution in [0.3, 0.4) is 0 Å². The molecule has 0 N–H and O–H groups in total. The first-order valence-electron chi connectivity index (χ1n) is 8.30. The number of thiophene rings is 1. The minimum atomic E-state index is -3.48. The number of rotatable bonds is 5. The molecule has 0 aliphatic carbocycles. The van der Waals surface area contributed by atoms with Crippen molar-refractivity contribution >= 4 is 27.1 Å². The molecule has 134 valence electrons. The summed E-state index contributed by atoms with van der Waals surface area (Å²) in [4.78, 5) is 13.5. The van der Waals surface area contributed by atoms with Gasteiger partial charge in [-0.1, -0.05) is 6.92 Å². The number of carbonyl (C=O) groups excluding carboxylic acids is 1. The molecule has 2 heterocycles. The largest absolute Gasteiger partial charge is 0.294 e. The molecule has 0 amide bonds. The summed E-state index contributed by atoms with van der Waals surface area (Å²) in [5.41, 5.74) is 0.480. The zero-order valence-corrected chi connectivity index (χ0v) is 15.6. The number of ketones is 1. The molecule has 0 saturated carbocycles. The van der Waals surface area contributed by atoms with E-state index in [-0.39, 0.29) is 17.5 Å². The summed E-state index contributed by atoms with van der Waals surface area (Å²) in [5.74, 6) is -0.632. The second-order valence-corrected chi connectivity index (χ2v) is 9.46. The third kappa shape index (κ3) is 3.83. The Kier molecular flexibility index (Phi) is 5.36. The van der Waals surface area contributed by atoms with Gasteiger partial charge >= 0.3 is 0 Å². The molecule has 25 heavy (non-hydrogen) atoms. The molecule has 1 aliphatic rings. The van der Waals surface area contributed by atoms with E-state index < -0.39 is 10.0 Å². The third-order valence-corrected chi connectivity index (χ3v) is 8.13. The summed E-state index contributed by atoms with van der Waals surface area (Å²) in [5, 5.41) is 0. The molecular weight excluding hydrogens is 361 g/mol. The summed E-state index contributed by atoms with van der Waals surface area (Å²) in [6.45, 7) is 2.66. The first-order chi connectivity index (χ1) is 11.9. The van der Waals surface area contributed by atoms with Crippen LogP contribution in [-0.4, -0.2) is 31.6 Å². The molecule has 4 nitrogen and oxygen atoms in total. The summed E-state index contributed by atoms with van der Waals surface area (Å²) >= 11 is 1.31. The molecule has 1 aromatic carbocycles. The van der Waals surface area contributed by atoms with Crippen LogP contribution in [0.2, 0.25) is 0 Å². The number of piperidine rings is 1. The van der Waals surface area contributed by atoms with Crippen molar-refractivity contribution in [2.45, 2.75) is 30.4 Å². The van der Waals surface area contributed by atoms with Crippen molar-refractivity contribution in [3.05, 3.63) is 52.7 Å². The van der Waals surface area contributed by atoms with Crippen LogP contribution < -0.4 is 0 Å². The zero-order chi connectivity index (χ0) is 18.0. The number of halogens is 1. The fourth-order valence-electron chi connectivity index (χ4n) is 3.02. The fraction of sp³-hybridized carbons (Fsp3) is 0.389. The molecular formula is C18H20FNO3S2. The first-order valence-corrected chi connectivity index (χ1v) is 10.6. The number of carbonyl (C=O) groups is 1. The average molecular weight is 381 g/mol. The minimum Gasteiger partial charge on any atom is -0.294 e. The highest BCUT2D eigenvalue weighted by Crippen LogP contribution is 2.29. The highest BCUT2D eigenvalue weighted by Gasteiger charge is 2.33. The van der Waals surface area contributed by atoms with Gasteiger partial charge in [-0.25, -0.2) is 12.8 Å². The van der Waals surface area contributed by atoms with Gasteiger partial charge in [-0.05, 0) is 55.7 Å². The van der Waals surface area contributed by atoms with E-state index in [0.717, 1.165) is 11.3 Å². The lowest BCUT2D eigenvalue weighted by Gasteiger charge is -2.30. The van der Waals surface area contributed by atoms with Gasteiger partial charge in [0.2, 0.25) is 0 Å². The van der Waals surface area contributed by atoms with Gasteiger partial charge in [-0.3, -0.25) is 4.79 Å². The number of aryl methyl sites for hydroxylation is 1.